The Morgan fingerprint density at radius 1 is 1.16 bits per heavy atom. The molecule has 0 N–H and O–H groups in total. The Labute approximate surface area is 112 Å². The van der Waals surface area contributed by atoms with Crippen LogP contribution in [0.2, 0.25) is 0 Å². The largest absolute Gasteiger partial charge is 0.494 e. The molecule has 0 aliphatic rings. The second-order valence-electron chi connectivity index (χ2n) is 4.39. The highest BCUT2D eigenvalue weighted by Gasteiger charge is 2.07. The molecule has 0 saturated carbocycles. The number of hydrogen-bond donors (Lipinski definition) is 0. The average molecular weight is 261 g/mol. The minimum atomic E-state index is -0.406. The van der Waals surface area contributed by atoms with Gasteiger partial charge in [-0.1, -0.05) is 0 Å². The number of aromatic nitrogens is 1. The number of hydrogen-bond acceptors (Lipinski definition) is 3. The van der Waals surface area contributed by atoms with Crippen LogP contribution in [-0.2, 0) is 0 Å². The van der Waals surface area contributed by atoms with E-state index in [4.69, 9.17) is 9.47 Å². The summed E-state index contributed by atoms with van der Waals surface area (Å²) >= 11 is 0. The third kappa shape index (κ3) is 3.22. The van der Waals surface area contributed by atoms with Gasteiger partial charge in [-0.05, 0) is 38.1 Å². The minimum absolute atomic E-state index is 0.0860. The van der Waals surface area contributed by atoms with E-state index in [1.54, 1.807) is 30.5 Å². The summed E-state index contributed by atoms with van der Waals surface area (Å²) in [7, 11) is 1.44. The van der Waals surface area contributed by atoms with Gasteiger partial charge in [0.1, 0.15) is 5.75 Å². The molecule has 100 valence electrons. The topological polar surface area (TPSA) is 31.4 Å². The Hall–Kier alpha value is -2.10. The van der Waals surface area contributed by atoms with E-state index in [1.165, 1.54) is 13.2 Å². The molecule has 19 heavy (non-hydrogen) atoms. The predicted molar refractivity (Wildman–Crippen MR) is 71.9 cm³/mol. The lowest BCUT2D eigenvalue weighted by atomic mass is 10.1. The highest BCUT2D eigenvalue weighted by atomic mass is 19.1. The van der Waals surface area contributed by atoms with Crippen molar-refractivity contribution in [3.63, 3.8) is 0 Å². The number of benzene rings is 1. The third-order valence-corrected chi connectivity index (χ3v) is 2.55. The molecule has 0 unspecified atom stereocenters. The first-order valence-electron chi connectivity index (χ1n) is 6.07. The lowest BCUT2D eigenvalue weighted by molar-refractivity contribution is 0.242. The van der Waals surface area contributed by atoms with E-state index in [2.05, 4.69) is 4.98 Å². The van der Waals surface area contributed by atoms with Gasteiger partial charge in [-0.15, -0.1) is 0 Å². The lowest BCUT2D eigenvalue weighted by Gasteiger charge is -2.11. The van der Waals surface area contributed by atoms with Gasteiger partial charge in [0.15, 0.2) is 11.6 Å². The van der Waals surface area contributed by atoms with Gasteiger partial charge in [-0.2, -0.15) is 0 Å². The van der Waals surface area contributed by atoms with Gasteiger partial charge in [-0.25, -0.2) is 4.39 Å². The smallest absolute Gasteiger partial charge is 0.165 e. The van der Waals surface area contributed by atoms with Crippen molar-refractivity contribution in [1.29, 1.82) is 0 Å². The molecule has 2 rings (SSSR count). The maximum Gasteiger partial charge on any atom is 0.165 e. The van der Waals surface area contributed by atoms with Crippen LogP contribution >= 0.6 is 0 Å². The summed E-state index contributed by atoms with van der Waals surface area (Å²) in [5.41, 5.74) is 1.35. The van der Waals surface area contributed by atoms with Crippen LogP contribution in [0.4, 0.5) is 4.39 Å². The van der Waals surface area contributed by atoms with Crippen molar-refractivity contribution in [1.82, 2.24) is 4.98 Å². The molecule has 1 aromatic heterocycles. The van der Waals surface area contributed by atoms with Gasteiger partial charge < -0.3 is 9.47 Å². The first-order chi connectivity index (χ1) is 9.10. The highest BCUT2D eigenvalue weighted by molar-refractivity contribution is 5.61. The summed E-state index contributed by atoms with van der Waals surface area (Å²) in [5, 5.41) is 0. The molecule has 0 bridgehead atoms. The fourth-order valence-corrected chi connectivity index (χ4v) is 1.74. The zero-order valence-corrected chi connectivity index (χ0v) is 11.2. The molecule has 0 aliphatic carbocycles. The second kappa shape index (κ2) is 5.69. The fourth-order valence-electron chi connectivity index (χ4n) is 1.74. The summed E-state index contributed by atoms with van der Waals surface area (Å²) in [4.78, 5) is 4.23. The zero-order valence-electron chi connectivity index (χ0n) is 11.2. The van der Waals surface area contributed by atoms with Gasteiger partial charge in [-0.3, -0.25) is 4.98 Å². The van der Waals surface area contributed by atoms with Crippen molar-refractivity contribution in [2.24, 2.45) is 0 Å². The van der Waals surface area contributed by atoms with Gasteiger partial charge in [0.2, 0.25) is 0 Å². The fraction of sp³-hybridized carbons (Fsp3) is 0.267. The zero-order chi connectivity index (χ0) is 13.8. The van der Waals surface area contributed by atoms with E-state index >= 15 is 0 Å². The summed E-state index contributed by atoms with van der Waals surface area (Å²) in [6.45, 7) is 3.90. The molecule has 0 aliphatic heterocycles. The first-order valence-corrected chi connectivity index (χ1v) is 6.07. The predicted octanol–water partition coefficient (Wildman–Crippen LogP) is 3.68. The second-order valence-corrected chi connectivity index (χ2v) is 4.39. The average Bonchev–Trinajstić information content (AvgIpc) is 2.38. The molecule has 1 aromatic carbocycles. The molecule has 4 heteroatoms. The normalized spacial score (nSPS) is 10.6. The Balaban J connectivity index is 2.33. The number of halogens is 1. The Bertz CT molecular complexity index is 570. The van der Waals surface area contributed by atoms with Crippen molar-refractivity contribution in [3.05, 3.63) is 42.3 Å². The third-order valence-electron chi connectivity index (χ3n) is 2.55. The summed E-state index contributed by atoms with van der Waals surface area (Å²) in [6, 6.07) is 8.33. The summed E-state index contributed by atoms with van der Waals surface area (Å²) in [5.74, 6) is 0.534. The van der Waals surface area contributed by atoms with Crippen molar-refractivity contribution >= 4 is 0 Å². The lowest BCUT2D eigenvalue weighted by Crippen LogP contribution is -2.05. The van der Waals surface area contributed by atoms with Crippen molar-refractivity contribution in [2.45, 2.75) is 20.0 Å². The number of rotatable bonds is 4. The standard InChI is InChI=1S/C15H16FNO2/c1-10(2)19-12-6-7-17-14(9-12)11-4-5-15(18-3)13(16)8-11/h4-10H,1-3H3. The van der Waals surface area contributed by atoms with Crippen LogP contribution in [0, 0.1) is 5.82 Å². The van der Waals surface area contributed by atoms with Gasteiger partial charge in [0.05, 0.1) is 18.9 Å². The molecule has 0 saturated heterocycles. The van der Waals surface area contributed by atoms with Gasteiger partial charge in [0.25, 0.3) is 0 Å². The first kappa shape index (κ1) is 13.3. The van der Waals surface area contributed by atoms with Crippen LogP contribution < -0.4 is 9.47 Å². The molecule has 0 fully saturated rings. The van der Waals surface area contributed by atoms with E-state index < -0.39 is 5.82 Å². The van der Waals surface area contributed by atoms with Crippen LogP contribution in [0.5, 0.6) is 11.5 Å². The maximum absolute atomic E-state index is 13.7. The Morgan fingerprint density at radius 2 is 1.95 bits per heavy atom. The van der Waals surface area contributed by atoms with Crippen LogP contribution in [0.3, 0.4) is 0 Å². The van der Waals surface area contributed by atoms with Gasteiger partial charge >= 0.3 is 0 Å². The van der Waals surface area contributed by atoms with E-state index in [0.29, 0.717) is 11.3 Å². The monoisotopic (exact) mass is 261 g/mol. The minimum Gasteiger partial charge on any atom is -0.494 e. The van der Waals surface area contributed by atoms with E-state index in [-0.39, 0.29) is 11.9 Å². The van der Waals surface area contributed by atoms with Crippen molar-refractivity contribution in [3.8, 4) is 22.8 Å². The summed E-state index contributed by atoms with van der Waals surface area (Å²) in [6.07, 6.45) is 1.73. The van der Waals surface area contributed by atoms with Crippen LogP contribution in [0.15, 0.2) is 36.5 Å². The number of methoxy groups -OCH3 is 1. The van der Waals surface area contributed by atoms with Crippen molar-refractivity contribution < 1.29 is 13.9 Å². The van der Waals surface area contributed by atoms with E-state index in [1.807, 2.05) is 13.8 Å². The van der Waals surface area contributed by atoms with Gasteiger partial charge in [0, 0.05) is 17.8 Å². The Kier molecular flexibility index (Phi) is 4.00. The molecule has 3 nitrogen and oxygen atoms in total. The molecule has 0 atom stereocenters. The number of pyridine rings is 1. The molecule has 0 spiro atoms. The molecular weight excluding hydrogens is 245 g/mol. The SMILES string of the molecule is COc1ccc(-c2cc(OC(C)C)ccn2)cc1F. The highest BCUT2D eigenvalue weighted by Crippen LogP contribution is 2.26. The maximum atomic E-state index is 13.7. The molecule has 1 heterocycles. The van der Waals surface area contributed by atoms with Crippen LogP contribution in [0.25, 0.3) is 11.3 Å². The molecule has 0 radical (unpaired) electrons. The number of nitrogens with zero attached hydrogens (tertiary/aromatic N) is 1. The molecule has 0 amide bonds. The van der Waals surface area contributed by atoms with Crippen LogP contribution in [0.1, 0.15) is 13.8 Å². The Morgan fingerprint density at radius 3 is 2.58 bits per heavy atom. The van der Waals surface area contributed by atoms with E-state index in [9.17, 15) is 4.39 Å². The number of ether oxygens (including phenoxy) is 2. The van der Waals surface area contributed by atoms with Crippen LogP contribution in [-0.4, -0.2) is 18.2 Å². The van der Waals surface area contributed by atoms with E-state index in [0.717, 1.165) is 5.75 Å². The quantitative estimate of drug-likeness (QED) is 0.841. The van der Waals surface area contributed by atoms with Crippen molar-refractivity contribution in [2.75, 3.05) is 7.11 Å². The molecule has 2 aromatic rings. The molecular formula is C15H16FNO2. The summed E-state index contributed by atoms with van der Waals surface area (Å²) < 4.78 is 24.1.